The Labute approximate surface area is 192 Å². The summed E-state index contributed by atoms with van der Waals surface area (Å²) in [5, 5.41) is 6.61. The summed E-state index contributed by atoms with van der Waals surface area (Å²) in [6, 6.07) is 0.680. The minimum atomic E-state index is 0.297. The zero-order valence-corrected chi connectivity index (χ0v) is 20.2. The topological polar surface area (TPSA) is 80.0 Å². The lowest BCUT2D eigenvalue weighted by molar-refractivity contribution is -0.163. The van der Waals surface area contributed by atoms with Gasteiger partial charge in [0.1, 0.15) is 17.2 Å². The smallest absolute Gasteiger partial charge is 0.324 e. The first-order valence-electron chi connectivity index (χ1n) is 11.0. The minimum Gasteiger partial charge on any atom is -0.359 e. The number of rotatable bonds is 9. The summed E-state index contributed by atoms with van der Waals surface area (Å²) in [6.07, 6.45) is 6.63. The van der Waals surface area contributed by atoms with Crippen LogP contribution in [0.25, 0.3) is 0 Å². The van der Waals surface area contributed by atoms with Crippen molar-refractivity contribution in [2.24, 2.45) is 5.92 Å². The number of nitrogens with zero attached hydrogens (tertiary/aromatic N) is 6. The Morgan fingerprint density at radius 3 is 2.61 bits per heavy atom. The molecule has 0 spiro atoms. The number of hydrogen-bond acceptors (Lipinski definition) is 11. The Balaban J connectivity index is 1.18. The molecule has 2 fully saturated rings. The Kier molecular flexibility index (Phi) is 8.05. The largest absolute Gasteiger partial charge is 0.359 e. The molecule has 4 heterocycles. The molecule has 0 N–H and O–H groups in total. The third-order valence-corrected chi connectivity index (χ3v) is 7.79. The summed E-state index contributed by atoms with van der Waals surface area (Å²) in [5.74, 6) is 1.82. The summed E-state index contributed by atoms with van der Waals surface area (Å²) in [6.45, 7) is 9.99. The molecule has 0 amide bonds. The van der Waals surface area contributed by atoms with Crippen molar-refractivity contribution in [3.05, 3.63) is 17.0 Å². The lowest BCUT2D eigenvalue weighted by atomic mass is 9.92. The van der Waals surface area contributed by atoms with E-state index in [1.54, 1.807) is 0 Å². The molecule has 2 aromatic heterocycles. The Hall–Kier alpha value is -1.40. The van der Waals surface area contributed by atoms with Gasteiger partial charge < -0.3 is 14.3 Å². The van der Waals surface area contributed by atoms with E-state index >= 15 is 0 Å². The van der Waals surface area contributed by atoms with Gasteiger partial charge in [-0.2, -0.15) is 4.98 Å². The third-order valence-electron chi connectivity index (χ3n) is 5.89. The van der Waals surface area contributed by atoms with E-state index in [-0.39, 0.29) is 0 Å². The van der Waals surface area contributed by atoms with Crippen molar-refractivity contribution < 1.29 is 13.7 Å². The van der Waals surface area contributed by atoms with E-state index < -0.39 is 0 Å². The highest BCUT2D eigenvalue weighted by atomic mass is 32.2. The fourth-order valence-corrected chi connectivity index (χ4v) is 5.39. The van der Waals surface area contributed by atoms with E-state index in [9.17, 15) is 0 Å². The van der Waals surface area contributed by atoms with Crippen molar-refractivity contribution in [1.82, 2.24) is 19.4 Å². The molecule has 172 valence electrons. The predicted molar refractivity (Wildman–Crippen MR) is 123 cm³/mol. The standard InChI is InChI=1S/C20H32N6O3S2/c1-15(2)19-22-20(28-23-19)25-8-6-16(7-9-25)4-5-17-21-14-18(30-17)24-10-12-26(13-11-24)31-29-27-3/h14-16H,4-13H2,1-3H3. The second-order valence-corrected chi connectivity index (χ2v) is 10.3. The highest BCUT2D eigenvalue weighted by molar-refractivity contribution is 7.92. The quantitative estimate of drug-likeness (QED) is 0.235. The maximum Gasteiger partial charge on any atom is 0.324 e. The molecule has 0 unspecified atom stereocenters. The maximum atomic E-state index is 5.45. The van der Waals surface area contributed by atoms with E-state index in [1.807, 2.05) is 17.5 Å². The van der Waals surface area contributed by atoms with Crippen LogP contribution in [0.2, 0.25) is 0 Å². The van der Waals surface area contributed by atoms with Crippen LogP contribution in [0.5, 0.6) is 0 Å². The van der Waals surface area contributed by atoms with Crippen molar-refractivity contribution in [2.45, 2.75) is 45.4 Å². The van der Waals surface area contributed by atoms with E-state index in [1.165, 1.54) is 48.6 Å². The van der Waals surface area contributed by atoms with Gasteiger partial charge >= 0.3 is 6.01 Å². The van der Waals surface area contributed by atoms with Gasteiger partial charge in [0, 0.05) is 45.2 Å². The van der Waals surface area contributed by atoms with Crippen LogP contribution in [-0.2, 0) is 15.6 Å². The minimum absolute atomic E-state index is 0.297. The van der Waals surface area contributed by atoms with Gasteiger partial charge in [0.25, 0.3) is 0 Å². The van der Waals surface area contributed by atoms with Gasteiger partial charge in [0.05, 0.1) is 18.3 Å². The molecule has 2 aromatic rings. The normalized spacial score (nSPS) is 19.0. The van der Waals surface area contributed by atoms with Gasteiger partial charge in [-0.15, -0.1) is 15.7 Å². The number of piperazine rings is 1. The first kappa shape index (κ1) is 22.8. The van der Waals surface area contributed by atoms with Gasteiger partial charge in [0.15, 0.2) is 5.82 Å². The number of aryl methyl sites for hydroxylation is 1. The molecule has 2 saturated heterocycles. The van der Waals surface area contributed by atoms with E-state index in [0.29, 0.717) is 11.9 Å². The second-order valence-electron chi connectivity index (χ2n) is 8.38. The average molecular weight is 469 g/mol. The van der Waals surface area contributed by atoms with Crippen molar-refractivity contribution in [3.8, 4) is 0 Å². The van der Waals surface area contributed by atoms with E-state index in [0.717, 1.165) is 57.4 Å². The molecule has 0 radical (unpaired) electrons. The van der Waals surface area contributed by atoms with Crippen LogP contribution < -0.4 is 9.80 Å². The molecule has 0 aliphatic carbocycles. The number of aromatic nitrogens is 3. The second kappa shape index (κ2) is 11.0. The third kappa shape index (κ3) is 6.10. The summed E-state index contributed by atoms with van der Waals surface area (Å²) < 4.78 is 12.6. The number of thiazole rings is 1. The van der Waals surface area contributed by atoms with Crippen molar-refractivity contribution >= 4 is 34.6 Å². The van der Waals surface area contributed by atoms with Crippen molar-refractivity contribution in [1.29, 1.82) is 0 Å². The monoisotopic (exact) mass is 468 g/mol. The molecule has 2 aliphatic heterocycles. The van der Waals surface area contributed by atoms with Crippen LogP contribution >= 0.6 is 23.6 Å². The molecule has 4 rings (SSSR count). The van der Waals surface area contributed by atoms with Gasteiger partial charge in [-0.1, -0.05) is 19.0 Å². The zero-order chi connectivity index (χ0) is 21.6. The number of piperidine rings is 1. The van der Waals surface area contributed by atoms with Crippen molar-refractivity contribution in [3.63, 3.8) is 0 Å². The Bertz CT molecular complexity index is 800. The molecule has 9 nitrogen and oxygen atoms in total. The lowest BCUT2D eigenvalue weighted by Gasteiger charge is -2.32. The van der Waals surface area contributed by atoms with Crippen LogP contribution in [0, 0.1) is 5.92 Å². The fourth-order valence-electron chi connectivity index (χ4n) is 3.95. The van der Waals surface area contributed by atoms with Crippen LogP contribution in [-0.4, -0.2) is 65.8 Å². The van der Waals surface area contributed by atoms with Gasteiger partial charge in [-0.25, -0.2) is 14.2 Å². The molecule has 31 heavy (non-hydrogen) atoms. The van der Waals surface area contributed by atoms with Crippen LogP contribution in [0.1, 0.15) is 49.9 Å². The lowest BCUT2D eigenvalue weighted by Crippen LogP contribution is -2.43. The highest BCUT2D eigenvalue weighted by Gasteiger charge is 2.24. The zero-order valence-electron chi connectivity index (χ0n) is 18.5. The summed E-state index contributed by atoms with van der Waals surface area (Å²) in [4.78, 5) is 18.5. The summed E-state index contributed by atoms with van der Waals surface area (Å²) in [7, 11) is 1.53. The average Bonchev–Trinajstić information content (AvgIpc) is 3.47. The maximum absolute atomic E-state index is 5.45. The molecular formula is C20H32N6O3S2. The summed E-state index contributed by atoms with van der Waals surface area (Å²) >= 11 is 3.12. The first-order chi connectivity index (χ1) is 15.1. The van der Waals surface area contributed by atoms with Crippen LogP contribution in [0.4, 0.5) is 11.0 Å². The Morgan fingerprint density at radius 1 is 1.16 bits per heavy atom. The van der Waals surface area contributed by atoms with Gasteiger partial charge in [0.2, 0.25) is 0 Å². The SMILES string of the molecule is COOSN1CCN(c2cnc(CCC3CCN(c4nc(C(C)C)no4)CC3)s2)CC1. The number of anilines is 2. The van der Waals surface area contributed by atoms with E-state index in [4.69, 9.17) is 13.8 Å². The molecule has 0 bridgehead atoms. The molecule has 0 saturated carbocycles. The van der Waals surface area contributed by atoms with Gasteiger partial charge in [-0.3, -0.25) is 0 Å². The highest BCUT2D eigenvalue weighted by Crippen LogP contribution is 2.30. The van der Waals surface area contributed by atoms with Crippen molar-refractivity contribution in [2.75, 3.05) is 56.2 Å². The molecule has 11 heteroatoms. The van der Waals surface area contributed by atoms with Gasteiger partial charge in [-0.05, 0) is 31.6 Å². The molecule has 0 aromatic carbocycles. The number of hydrogen-bond donors (Lipinski definition) is 0. The summed E-state index contributed by atoms with van der Waals surface area (Å²) in [5.41, 5.74) is 0. The fraction of sp³-hybridized carbons (Fsp3) is 0.750. The van der Waals surface area contributed by atoms with Crippen LogP contribution in [0.15, 0.2) is 10.7 Å². The van der Waals surface area contributed by atoms with Crippen LogP contribution in [0.3, 0.4) is 0 Å². The van der Waals surface area contributed by atoms with E-state index in [2.05, 4.69) is 43.0 Å². The first-order valence-corrected chi connectivity index (χ1v) is 12.5. The molecular weight excluding hydrogens is 436 g/mol. The molecule has 2 aliphatic rings. The predicted octanol–water partition coefficient (Wildman–Crippen LogP) is 3.76. The molecule has 0 atom stereocenters. The Morgan fingerprint density at radius 2 is 1.94 bits per heavy atom.